The fraction of sp³-hybridized carbons (Fsp3) is 0.829. The lowest BCUT2D eigenvalue weighted by atomic mass is 9.75. The predicted molar refractivity (Wildman–Crippen MR) is 320 cm³/mol. The molecule has 11 unspecified atom stereocenters. The zero-order chi connectivity index (χ0) is 53.8. The Balaban J connectivity index is 0.000000186. The second-order valence-electron chi connectivity index (χ2n) is 28.0. The first-order valence-corrected chi connectivity index (χ1v) is 32.0. The number of nitrogens with two attached hydrogens (primary N) is 1. The minimum Gasteiger partial charge on any atom is -0.392 e. The Bertz CT molecular complexity index is 1700. The van der Waals surface area contributed by atoms with E-state index in [0.717, 1.165) is 95.3 Å². The first-order valence-electron chi connectivity index (χ1n) is 32.0. The Morgan fingerprint density at radius 1 is 0.411 bits per heavy atom. The second-order valence-corrected chi connectivity index (χ2v) is 28.0. The molecule has 4 N–H and O–H groups in total. The van der Waals surface area contributed by atoms with Crippen molar-refractivity contribution in [3.63, 3.8) is 0 Å². The molecule has 73 heavy (non-hydrogen) atoms. The van der Waals surface area contributed by atoms with Crippen LogP contribution in [0.5, 0.6) is 0 Å². The number of hydrogen-bond donors (Lipinski definition) is 3. The summed E-state index contributed by atoms with van der Waals surface area (Å²) < 4.78 is 0. The standard InChI is InChI=1S/2C12H16O.C10H18.C10H20.C9H19N.C9H18.C8H16/c1-8(2)12-10-6-4-3-5-9(10)7-11(12)13;1-8(2)11-7-9-5-3-4-6-10(9)12(11)13;1-7(2)10-6-8-3-4-9(10)5-8;1-8(2)10-7-5-4-6-9(10)3;1-7(2)8-5-3-4-6-9(8)10;1-8(2)9-6-4-3-5-7-9;1-7(2)8-5-3-4-6-8/h2*3-6,8,11-13H,7H2,1-2H3;7-10H,3-6H2,1-2H3;8-10H,4-7H2,1-3H3;7-9H,3-6,10H2,1-2H3;8-9H,3-7H2,1-2H3;7-8H,3-6H2,1-2H3. The van der Waals surface area contributed by atoms with Crippen LogP contribution in [-0.2, 0) is 12.8 Å². The molecule has 0 radical (unpaired) electrons. The number of aliphatic hydroxyl groups excluding tert-OH is 2. The topological polar surface area (TPSA) is 66.5 Å². The Labute approximate surface area is 455 Å². The van der Waals surface area contributed by atoms with Crippen LogP contribution in [0, 0.1) is 94.7 Å². The molecule has 8 aliphatic carbocycles. The number of aliphatic hydroxyl groups is 2. The van der Waals surface area contributed by atoms with Crippen molar-refractivity contribution >= 4 is 0 Å². The number of rotatable bonds is 7. The van der Waals surface area contributed by atoms with Crippen LogP contribution in [0.25, 0.3) is 0 Å². The van der Waals surface area contributed by atoms with Gasteiger partial charge in [-0.05, 0) is 168 Å². The summed E-state index contributed by atoms with van der Waals surface area (Å²) in [5.74, 6) is 14.7. The van der Waals surface area contributed by atoms with E-state index in [9.17, 15) is 10.2 Å². The van der Waals surface area contributed by atoms with Crippen molar-refractivity contribution in [2.45, 2.75) is 276 Å². The van der Waals surface area contributed by atoms with Gasteiger partial charge in [0.05, 0.1) is 12.2 Å². The van der Waals surface area contributed by atoms with Gasteiger partial charge in [0.15, 0.2) is 0 Å². The normalized spacial score (nSPS) is 30.5. The van der Waals surface area contributed by atoms with Gasteiger partial charge in [-0.1, -0.05) is 249 Å². The van der Waals surface area contributed by atoms with Crippen LogP contribution >= 0.6 is 0 Å². The van der Waals surface area contributed by atoms with Crippen LogP contribution in [0.4, 0.5) is 0 Å². The van der Waals surface area contributed by atoms with E-state index in [1.54, 1.807) is 25.7 Å². The van der Waals surface area contributed by atoms with Crippen molar-refractivity contribution in [3.05, 3.63) is 70.8 Å². The minimum absolute atomic E-state index is 0.169. The van der Waals surface area contributed by atoms with Crippen molar-refractivity contribution in [1.82, 2.24) is 0 Å². The van der Waals surface area contributed by atoms with E-state index in [1.165, 1.54) is 126 Å². The first kappa shape index (κ1) is 63.8. The molecule has 6 saturated carbocycles. The van der Waals surface area contributed by atoms with Crippen LogP contribution in [0.15, 0.2) is 48.5 Å². The van der Waals surface area contributed by atoms with Crippen molar-refractivity contribution in [2.24, 2.45) is 100 Å². The van der Waals surface area contributed by atoms with Gasteiger partial charge in [-0.3, -0.25) is 0 Å². The van der Waals surface area contributed by atoms with E-state index in [-0.39, 0.29) is 12.2 Å². The summed E-state index contributed by atoms with van der Waals surface area (Å²) in [6, 6.07) is 17.1. The molecule has 6 fully saturated rings. The van der Waals surface area contributed by atoms with Gasteiger partial charge in [-0.25, -0.2) is 0 Å². The van der Waals surface area contributed by atoms with E-state index in [2.05, 4.69) is 128 Å². The van der Waals surface area contributed by atoms with Gasteiger partial charge in [-0.15, -0.1) is 0 Å². The van der Waals surface area contributed by atoms with Crippen LogP contribution in [-0.4, -0.2) is 22.4 Å². The van der Waals surface area contributed by atoms with Gasteiger partial charge in [0, 0.05) is 12.0 Å². The average molecular weight is 1010 g/mol. The summed E-state index contributed by atoms with van der Waals surface area (Å²) in [5.41, 5.74) is 11.1. The highest BCUT2D eigenvalue weighted by Crippen LogP contribution is 2.51. The van der Waals surface area contributed by atoms with Gasteiger partial charge in [0.1, 0.15) is 0 Å². The maximum atomic E-state index is 10.0. The lowest BCUT2D eigenvalue weighted by Crippen LogP contribution is -2.35. The molecule has 3 heteroatoms. The van der Waals surface area contributed by atoms with Crippen LogP contribution in [0.2, 0.25) is 0 Å². The largest absolute Gasteiger partial charge is 0.392 e. The van der Waals surface area contributed by atoms with Crippen LogP contribution < -0.4 is 5.73 Å². The fourth-order valence-electron chi connectivity index (χ4n) is 15.5. The first-order chi connectivity index (χ1) is 34.7. The van der Waals surface area contributed by atoms with E-state index >= 15 is 0 Å². The fourth-order valence-corrected chi connectivity index (χ4v) is 15.5. The van der Waals surface area contributed by atoms with Crippen molar-refractivity contribution in [1.29, 1.82) is 0 Å². The van der Waals surface area contributed by atoms with Crippen LogP contribution in [0.1, 0.15) is 273 Å². The zero-order valence-electron chi connectivity index (χ0n) is 50.9. The zero-order valence-corrected chi connectivity index (χ0v) is 50.9. The molecule has 0 saturated heterocycles. The molecule has 420 valence electrons. The molecular formula is C70H123NO2. The molecule has 0 aliphatic heterocycles. The van der Waals surface area contributed by atoms with Gasteiger partial charge in [0.2, 0.25) is 0 Å². The predicted octanol–water partition coefficient (Wildman–Crippen LogP) is 19.7. The quantitative estimate of drug-likeness (QED) is 0.259. The summed E-state index contributed by atoms with van der Waals surface area (Å²) >= 11 is 0. The Hall–Kier alpha value is -1.68. The van der Waals surface area contributed by atoms with E-state index in [1.807, 2.05) is 24.3 Å². The summed E-state index contributed by atoms with van der Waals surface area (Å²) in [6.45, 7) is 34.6. The minimum atomic E-state index is -0.240. The SMILES string of the molecule is CC(C)C1CC2CCC1C2.CC(C)C1CCCC1.CC(C)C1CCCCC1.CC(C)C1CCCCC1C.CC(C)C1CCCCC1N.CC(C)C1Cc2ccccc2C1O.CC(C)C1c2ccccc2CC1O. The summed E-state index contributed by atoms with van der Waals surface area (Å²) in [6.07, 6.45) is 32.4. The molecule has 0 heterocycles. The van der Waals surface area contributed by atoms with E-state index < -0.39 is 0 Å². The molecule has 11 atom stereocenters. The van der Waals surface area contributed by atoms with Crippen molar-refractivity contribution < 1.29 is 10.2 Å². The molecule has 2 bridgehead atoms. The highest BCUT2D eigenvalue weighted by atomic mass is 16.3. The third-order valence-corrected chi connectivity index (χ3v) is 20.4. The maximum absolute atomic E-state index is 10.0. The summed E-state index contributed by atoms with van der Waals surface area (Å²) in [7, 11) is 0. The molecule has 0 amide bonds. The number of hydrogen-bond acceptors (Lipinski definition) is 3. The van der Waals surface area contributed by atoms with Crippen molar-refractivity contribution in [2.75, 3.05) is 0 Å². The molecular weight excluding hydrogens is 887 g/mol. The maximum Gasteiger partial charge on any atom is 0.0826 e. The third-order valence-electron chi connectivity index (χ3n) is 20.4. The van der Waals surface area contributed by atoms with Gasteiger partial charge in [-0.2, -0.15) is 0 Å². The molecule has 2 aromatic rings. The lowest BCUT2D eigenvalue weighted by molar-refractivity contribution is 0.0968. The second kappa shape index (κ2) is 32.9. The summed E-state index contributed by atoms with van der Waals surface area (Å²) in [5, 5.41) is 19.9. The Morgan fingerprint density at radius 2 is 0.863 bits per heavy atom. The number of benzene rings is 2. The Morgan fingerprint density at radius 3 is 1.25 bits per heavy atom. The van der Waals surface area contributed by atoms with Gasteiger partial charge < -0.3 is 15.9 Å². The third kappa shape index (κ3) is 20.6. The molecule has 0 spiro atoms. The molecule has 2 aromatic carbocycles. The highest BCUT2D eigenvalue weighted by Gasteiger charge is 2.40. The van der Waals surface area contributed by atoms with Crippen molar-refractivity contribution in [3.8, 4) is 0 Å². The molecule has 10 rings (SSSR count). The molecule has 3 nitrogen and oxygen atoms in total. The van der Waals surface area contributed by atoms with Gasteiger partial charge >= 0.3 is 0 Å². The van der Waals surface area contributed by atoms with Gasteiger partial charge in [0.25, 0.3) is 0 Å². The average Bonchev–Trinajstić information content (AvgIpc) is 4.23. The molecule has 8 aliphatic rings. The lowest BCUT2D eigenvalue weighted by Gasteiger charge is -2.31. The smallest absolute Gasteiger partial charge is 0.0826 e. The monoisotopic (exact) mass is 1010 g/mol. The van der Waals surface area contributed by atoms with E-state index in [4.69, 9.17) is 5.73 Å². The number of fused-ring (bicyclic) bond motifs is 4. The highest BCUT2D eigenvalue weighted by molar-refractivity contribution is 5.37. The van der Waals surface area contributed by atoms with Crippen LogP contribution in [0.3, 0.4) is 0 Å². The van der Waals surface area contributed by atoms with E-state index in [0.29, 0.717) is 29.7 Å². The Kier molecular flexibility index (Phi) is 28.8. The summed E-state index contributed by atoms with van der Waals surface area (Å²) in [4.78, 5) is 0. The molecule has 0 aromatic heterocycles.